The van der Waals surface area contributed by atoms with E-state index in [1.165, 1.54) is 13.8 Å². The van der Waals surface area contributed by atoms with Crippen LogP contribution in [0.2, 0.25) is 0 Å². The second kappa shape index (κ2) is 9.15. The van der Waals surface area contributed by atoms with Crippen molar-refractivity contribution in [1.29, 1.82) is 0 Å². The second-order valence-corrected chi connectivity index (χ2v) is 3.98. The molecule has 0 aromatic rings. The molecule has 0 unspecified atom stereocenters. The summed E-state index contributed by atoms with van der Waals surface area (Å²) >= 11 is 0. The number of nitrogens with one attached hydrogen (secondary N) is 2. The number of hydrogen-bond donors (Lipinski definition) is 2. The molecule has 0 aliphatic rings. The second-order valence-electron chi connectivity index (χ2n) is 3.98. The first kappa shape index (κ1) is 14.9. The molecule has 0 saturated heterocycles. The average Bonchev–Trinajstić information content (AvgIpc) is 2.19. The maximum atomic E-state index is 10.6. The fourth-order valence-electron chi connectivity index (χ4n) is 1.34. The van der Waals surface area contributed by atoms with Gasteiger partial charge in [0.2, 0.25) is 11.8 Å². The maximum Gasteiger partial charge on any atom is 0.216 e. The lowest BCUT2D eigenvalue weighted by atomic mass is 10.3. The van der Waals surface area contributed by atoms with Crippen LogP contribution < -0.4 is 10.6 Å². The number of nitrogens with zero attached hydrogens (tertiary/aromatic N) is 1. The molecule has 0 atom stereocenters. The first-order valence-corrected chi connectivity index (χ1v) is 5.70. The Hall–Kier alpha value is -1.10. The highest BCUT2D eigenvalue weighted by Gasteiger charge is 1.98. The lowest BCUT2D eigenvalue weighted by Crippen LogP contribution is -2.29. The van der Waals surface area contributed by atoms with Crippen molar-refractivity contribution in [1.82, 2.24) is 15.5 Å². The minimum atomic E-state index is 0.0216. The zero-order valence-corrected chi connectivity index (χ0v) is 10.5. The highest BCUT2D eigenvalue weighted by atomic mass is 16.1. The Morgan fingerprint density at radius 3 is 1.62 bits per heavy atom. The van der Waals surface area contributed by atoms with Gasteiger partial charge in [-0.3, -0.25) is 9.59 Å². The Labute approximate surface area is 97.6 Å². The Bertz CT molecular complexity index is 197. The van der Waals surface area contributed by atoms with Crippen molar-refractivity contribution in [3.63, 3.8) is 0 Å². The summed E-state index contributed by atoms with van der Waals surface area (Å²) in [6, 6.07) is 0. The standard InChI is InChI=1S/C11H23N3O2/c1-10(15)12-6-4-8-14(3)9-5-7-13-11(2)16/h4-9H2,1-3H3,(H,12,15)(H,13,16). The molecule has 0 bridgehead atoms. The zero-order chi connectivity index (χ0) is 12.4. The Kier molecular flexibility index (Phi) is 8.52. The molecule has 2 amide bonds. The van der Waals surface area contributed by atoms with Crippen LogP contribution >= 0.6 is 0 Å². The molecular weight excluding hydrogens is 206 g/mol. The molecule has 2 N–H and O–H groups in total. The van der Waals surface area contributed by atoms with Gasteiger partial charge in [-0.15, -0.1) is 0 Å². The number of amides is 2. The monoisotopic (exact) mass is 229 g/mol. The van der Waals surface area contributed by atoms with Gasteiger partial charge >= 0.3 is 0 Å². The Balaban J connectivity index is 3.27. The molecule has 0 radical (unpaired) electrons. The SMILES string of the molecule is CC(=O)NCCCN(C)CCCNC(C)=O. The third-order valence-corrected chi connectivity index (χ3v) is 2.18. The topological polar surface area (TPSA) is 61.4 Å². The molecule has 5 nitrogen and oxygen atoms in total. The smallest absolute Gasteiger partial charge is 0.216 e. The van der Waals surface area contributed by atoms with Gasteiger partial charge in [0.1, 0.15) is 0 Å². The van der Waals surface area contributed by atoms with Gasteiger partial charge in [0.25, 0.3) is 0 Å². The first-order valence-electron chi connectivity index (χ1n) is 5.70. The highest BCUT2D eigenvalue weighted by molar-refractivity contribution is 5.72. The van der Waals surface area contributed by atoms with Crippen LogP contribution in [0.25, 0.3) is 0 Å². The van der Waals surface area contributed by atoms with E-state index in [1.54, 1.807) is 0 Å². The van der Waals surface area contributed by atoms with Gasteiger partial charge in [-0.2, -0.15) is 0 Å². The van der Waals surface area contributed by atoms with Gasteiger partial charge in [-0.05, 0) is 33.0 Å². The number of rotatable bonds is 8. The predicted molar refractivity (Wildman–Crippen MR) is 64.1 cm³/mol. The number of hydrogen-bond acceptors (Lipinski definition) is 3. The summed E-state index contributed by atoms with van der Waals surface area (Å²) in [6.45, 7) is 6.42. The summed E-state index contributed by atoms with van der Waals surface area (Å²) in [7, 11) is 2.04. The molecular formula is C11H23N3O2. The van der Waals surface area contributed by atoms with Crippen molar-refractivity contribution in [3.05, 3.63) is 0 Å². The highest BCUT2D eigenvalue weighted by Crippen LogP contribution is 1.89. The molecule has 0 heterocycles. The van der Waals surface area contributed by atoms with Gasteiger partial charge in [0.15, 0.2) is 0 Å². The summed E-state index contributed by atoms with van der Waals surface area (Å²) < 4.78 is 0. The van der Waals surface area contributed by atoms with Crippen molar-refractivity contribution in [2.75, 3.05) is 33.2 Å². The lowest BCUT2D eigenvalue weighted by molar-refractivity contribution is -0.119. The Morgan fingerprint density at radius 1 is 0.938 bits per heavy atom. The van der Waals surface area contributed by atoms with E-state index in [4.69, 9.17) is 0 Å². The van der Waals surface area contributed by atoms with Crippen molar-refractivity contribution >= 4 is 11.8 Å². The molecule has 94 valence electrons. The van der Waals surface area contributed by atoms with Gasteiger partial charge in [-0.1, -0.05) is 0 Å². The third-order valence-electron chi connectivity index (χ3n) is 2.18. The molecule has 0 aromatic carbocycles. The summed E-state index contributed by atoms with van der Waals surface area (Å²) in [5, 5.41) is 5.52. The van der Waals surface area contributed by atoms with Crippen molar-refractivity contribution in [2.45, 2.75) is 26.7 Å². The first-order chi connectivity index (χ1) is 7.52. The van der Waals surface area contributed by atoms with Crippen LogP contribution in [-0.4, -0.2) is 49.9 Å². The van der Waals surface area contributed by atoms with Gasteiger partial charge in [0.05, 0.1) is 0 Å². The molecule has 0 fully saturated rings. The Morgan fingerprint density at radius 2 is 1.31 bits per heavy atom. The van der Waals surface area contributed by atoms with Gasteiger partial charge in [0, 0.05) is 26.9 Å². The third kappa shape index (κ3) is 11.0. The summed E-state index contributed by atoms with van der Waals surface area (Å²) in [6.07, 6.45) is 1.91. The summed E-state index contributed by atoms with van der Waals surface area (Å²) in [4.78, 5) is 23.4. The van der Waals surface area contributed by atoms with E-state index in [2.05, 4.69) is 15.5 Å². The van der Waals surface area contributed by atoms with E-state index in [0.29, 0.717) is 0 Å². The molecule has 16 heavy (non-hydrogen) atoms. The van der Waals surface area contributed by atoms with Crippen molar-refractivity contribution in [3.8, 4) is 0 Å². The van der Waals surface area contributed by atoms with E-state index in [0.717, 1.165) is 39.0 Å². The number of carbonyl (C=O) groups is 2. The fourth-order valence-corrected chi connectivity index (χ4v) is 1.34. The summed E-state index contributed by atoms with van der Waals surface area (Å²) in [5.74, 6) is 0.0432. The van der Waals surface area contributed by atoms with E-state index >= 15 is 0 Å². The van der Waals surface area contributed by atoms with Gasteiger partial charge < -0.3 is 15.5 Å². The molecule has 5 heteroatoms. The van der Waals surface area contributed by atoms with Crippen LogP contribution in [0.1, 0.15) is 26.7 Å². The van der Waals surface area contributed by atoms with Crippen LogP contribution in [0.4, 0.5) is 0 Å². The molecule has 0 rings (SSSR count). The zero-order valence-electron chi connectivity index (χ0n) is 10.5. The van der Waals surface area contributed by atoms with E-state index in [-0.39, 0.29) is 11.8 Å². The minimum absolute atomic E-state index is 0.0216. The van der Waals surface area contributed by atoms with Crippen LogP contribution in [0.15, 0.2) is 0 Å². The normalized spacial score (nSPS) is 10.2. The maximum absolute atomic E-state index is 10.6. The predicted octanol–water partition coefficient (Wildman–Crippen LogP) is -0.0294. The van der Waals surface area contributed by atoms with Crippen LogP contribution in [0.5, 0.6) is 0 Å². The molecule has 0 spiro atoms. The van der Waals surface area contributed by atoms with Crippen LogP contribution in [-0.2, 0) is 9.59 Å². The van der Waals surface area contributed by atoms with E-state index in [9.17, 15) is 9.59 Å². The summed E-state index contributed by atoms with van der Waals surface area (Å²) in [5.41, 5.74) is 0. The van der Waals surface area contributed by atoms with Gasteiger partial charge in [-0.25, -0.2) is 0 Å². The lowest BCUT2D eigenvalue weighted by Gasteiger charge is -2.16. The number of carbonyl (C=O) groups excluding carboxylic acids is 2. The molecule has 0 aliphatic heterocycles. The fraction of sp³-hybridized carbons (Fsp3) is 0.818. The van der Waals surface area contributed by atoms with Crippen LogP contribution in [0.3, 0.4) is 0 Å². The minimum Gasteiger partial charge on any atom is -0.356 e. The molecule has 0 aromatic heterocycles. The average molecular weight is 229 g/mol. The van der Waals surface area contributed by atoms with Crippen molar-refractivity contribution < 1.29 is 9.59 Å². The quantitative estimate of drug-likeness (QED) is 0.575. The van der Waals surface area contributed by atoms with Crippen molar-refractivity contribution in [2.24, 2.45) is 0 Å². The largest absolute Gasteiger partial charge is 0.356 e. The van der Waals surface area contributed by atoms with Crippen LogP contribution in [0, 0.1) is 0 Å². The molecule has 0 aliphatic carbocycles. The van der Waals surface area contributed by atoms with E-state index < -0.39 is 0 Å². The molecule has 0 saturated carbocycles. The van der Waals surface area contributed by atoms with E-state index in [1.807, 2.05) is 7.05 Å².